The summed E-state index contributed by atoms with van der Waals surface area (Å²) in [5.74, 6) is 0.526. The summed E-state index contributed by atoms with van der Waals surface area (Å²) in [6, 6.07) is 0. The zero-order valence-electron chi connectivity index (χ0n) is 11.9. The fourth-order valence-corrected chi connectivity index (χ4v) is 1.90. The van der Waals surface area contributed by atoms with Gasteiger partial charge >= 0.3 is 11.8 Å². The number of hydrogen-bond donors (Lipinski definition) is 1. The molecule has 1 fully saturated rings. The van der Waals surface area contributed by atoms with Crippen LogP contribution < -0.4 is 10.6 Å². The van der Waals surface area contributed by atoms with Gasteiger partial charge < -0.3 is 14.5 Å². The van der Waals surface area contributed by atoms with Gasteiger partial charge in [0.1, 0.15) is 5.60 Å². The lowest BCUT2D eigenvalue weighted by molar-refractivity contribution is 0.0240. The Morgan fingerprint density at radius 3 is 2.50 bits per heavy atom. The van der Waals surface area contributed by atoms with Gasteiger partial charge in [-0.25, -0.2) is 14.7 Å². The topological polar surface area (TPSA) is 91.4 Å². The molecule has 110 valence electrons. The average Bonchev–Trinajstić information content (AvgIpc) is 2.37. The van der Waals surface area contributed by atoms with E-state index in [4.69, 9.17) is 4.74 Å². The molecular formula is C12H19N5O3. The van der Waals surface area contributed by atoms with Gasteiger partial charge in [-0.1, -0.05) is 0 Å². The number of aromatic amines is 1. The summed E-state index contributed by atoms with van der Waals surface area (Å²) in [4.78, 5) is 30.5. The third-order valence-corrected chi connectivity index (χ3v) is 2.81. The highest BCUT2D eigenvalue weighted by Gasteiger charge is 2.26. The predicted molar refractivity (Wildman–Crippen MR) is 72.7 cm³/mol. The Labute approximate surface area is 116 Å². The van der Waals surface area contributed by atoms with Crippen LogP contribution in [0.5, 0.6) is 0 Å². The van der Waals surface area contributed by atoms with Gasteiger partial charge in [-0.3, -0.25) is 0 Å². The molecule has 1 aromatic rings. The second kappa shape index (κ2) is 5.48. The highest BCUT2D eigenvalue weighted by molar-refractivity contribution is 5.68. The zero-order valence-corrected chi connectivity index (χ0v) is 11.9. The van der Waals surface area contributed by atoms with E-state index in [1.54, 1.807) is 4.90 Å². The highest BCUT2D eigenvalue weighted by Crippen LogP contribution is 2.14. The first-order chi connectivity index (χ1) is 9.35. The Morgan fingerprint density at radius 2 is 1.95 bits per heavy atom. The molecule has 1 N–H and O–H groups in total. The molecular weight excluding hydrogens is 262 g/mol. The SMILES string of the molecule is CC(C)(C)OC(=O)N1CCN(c2cn[nH]c(=O)n2)CC1. The van der Waals surface area contributed by atoms with E-state index in [1.165, 1.54) is 6.20 Å². The van der Waals surface area contributed by atoms with E-state index in [2.05, 4.69) is 15.2 Å². The van der Waals surface area contributed by atoms with E-state index >= 15 is 0 Å². The van der Waals surface area contributed by atoms with Gasteiger partial charge in [0.05, 0.1) is 6.20 Å². The van der Waals surface area contributed by atoms with Gasteiger partial charge in [0.15, 0.2) is 5.82 Å². The number of anilines is 1. The monoisotopic (exact) mass is 281 g/mol. The predicted octanol–water partition coefficient (Wildman–Crippen LogP) is 0.222. The highest BCUT2D eigenvalue weighted by atomic mass is 16.6. The summed E-state index contributed by atoms with van der Waals surface area (Å²) in [5.41, 5.74) is -0.969. The van der Waals surface area contributed by atoms with Gasteiger partial charge in [-0.15, -0.1) is 0 Å². The maximum absolute atomic E-state index is 11.9. The first-order valence-corrected chi connectivity index (χ1v) is 6.50. The van der Waals surface area contributed by atoms with Gasteiger partial charge in [0.25, 0.3) is 0 Å². The second-order valence-electron chi connectivity index (χ2n) is 5.60. The lowest BCUT2D eigenvalue weighted by atomic mass is 10.2. The molecule has 8 nitrogen and oxygen atoms in total. The van der Waals surface area contributed by atoms with E-state index in [0.717, 1.165) is 0 Å². The van der Waals surface area contributed by atoms with Crippen LogP contribution in [0, 0.1) is 0 Å². The molecule has 1 aliphatic rings. The summed E-state index contributed by atoms with van der Waals surface area (Å²) in [5, 5.41) is 5.95. The maximum atomic E-state index is 11.9. The third kappa shape index (κ3) is 3.69. The number of ether oxygens (including phenoxy) is 1. The molecule has 0 saturated carbocycles. The molecule has 0 radical (unpaired) electrons. The molecule has 0 spiro atoms. The number of nitrogens with zero attached hydrogens (tertiary/aromatic N) is 4. The normalized spacial score (nSPS) is 16.1. The van der Waals surface area contributed by atoms with Crippen LogP contribution in [-0.4, -0.2) is 58.0 Å². The molecule has 0 atom stereocenters. The number of carbonyl (C=O) groups excluding carboxylic acids is 1. The number of nitrogens with one attached hydrogen (secondary N) is 1. The van der Waals surface area contributed by atoms with Crippen molar-refractivity contribution in [3.05, 3.63) is 16.7 Å². The number of carbonyl (C=O) groups is 1. The maximum Gasteiger partial charge on any atom is 0.410 e. The van der Waals surface area contributed by atoms with Gasteiger partial charge in [-0.2, -0.15) is 10.1 Å². The summed E-state index contributed by atoms with van der Waals surface area (Å²) in [6.45, 7) is 7.77. The van der Waals surface area contributed by atoms with E-state index in [0.29, 0.717) is 32.0 Å². The molecule has 1 aromatic heterocycles. The minimum atomic E-state index is -0.494. The Morgan fingerprint density at radius 1 is 1.30 bits per heavy atom. The molecule has 2 heterocycles. The second-order valence-corrected chi connectivity index (χ2v) is 5.60. The van der Waals surface area contributed by atoms with Gasteiger partial charge in [0.2, 0.25) is 0 Å². The van der Waals surface area contributed by atoms with E-state index < -0.39 is 11.3 Å². The van der Waals surface area contributed by atoms with Crippen molar-refractivity contribution >= 4 is 11.9 Å². The van der Waals surface area contributed by atoms with E-state index in [-0.39, 0.29) is 6.09 Å². The summed E-state index contributed by atoms with van der Waals surface area (Å²) in [7, 11) is 0. The Bertz CT molecular complexity index is 528. The van der Waals surface area contributed by atoms with Crippen molar-refractivity contribution in [2.45, 2.75) is 26.4 Å². The van der Waals surface area contributed by atoms with Crippen LogP contribution in [0.4, 0.5) is 10.6 Å². The minimum absolute atomic E-state index is 0.311. The molecule has 1 saturated heterocycles. The molecule has 0 aromatic carbocycles. The van der Waals surface area contributed by atoms with Crippen molar-refractivity contribution in [3.8, 4) is 0 Å². The first kappa shape index (κ1) is 14.3. The lowest BCUT2D eigenvalue weighted by Crippen LogP contribution is -2.50. The van der Waals surface area contributed by atoms with Gasteiger partial charge in [-0.05, 0) is 20.8 Å². The third-order valence-electron chi connectivity index (χ3n) is 2.81. The van der Waals surface area contributed by atoms with E-state index in [1.807, 2.05) is 25.7 Å². The smallest absolute Gasteiger partial charge is 0.410 e. The summed E-state index contributed by atoms with van der Waals surface area (Å²) in [6.07, 6.45) is 1.19. The van der Waals surface area contributed by atoms with E-state index in [9.17, 15) is 9.59 Å². The molecule has 20 heavy (non-hydrogen) atoms. The van der Waals surface area contributed by atoms with Crippen molar-refractivity contribution < 1.29 is 9.53 Å². The van der Waals surface area contributed by atoms with Crippen LogP contribution >= 0.6 is 0 Å². The average molecular weight is 281 g/mol. The van der Waals surface area contributed by atoms with Crippen LogP contribution in [-0.2, 0) is 4.74 Å². The molecule has 0 bridgehead atoms. The Hall–Kier alpha value is -2.12. The van der Waals surface area contributed by atoms with Crippen molar-refractivity contribution in [2.24, 2.45) is 0 Å². The molecule has 1 aliphatic heterocycles. The fraction of sp³-hybridized carbons (Fsp3) is 0.667. The largest absolute Gasteiger partial charge is 0.444 e. The molecule has 2 rings (SSSR count). The number of piperazine rings is 1. The summed E-state index contributed by atoms with van der Waals surface area (Å²) < 4.78 is 5.32. The molecule has 1 amide bonds. The number of amides is 1. The van der Waals surface area contributed by atoms with Crippen LogP contribution in [0.3, 0.4) is 0 Å². The number of H-pyrrole nitrogens is 1. The van der Waals surface area contributed by atoms with Crippen molar-refractivity contribution in [3.63, 3.8) is 0 Å². The van der Waals surface area contributed by atoms with Crippen LogP contribution in [0.1, 0.15) is 20.8 Å². The molecule has 0 aliphatic carbocycles. The van der Waals surface area contributed by atoms with Crippen molar-refractivity contribution in [1.29, 1.82) is 0 Å². The lowest BCUT2D eigenvalue weighted by Gasteiger charge is -2.35. The van der Waals surface area contributed by atoms with Crippen molar-refractivity contribution in [1.82, 2.24) is 20.1 Å². The number of rotatable bonds is 1. The van der Waals surface area contributed by atoms with Gasteiger partial charge in [0, 0.05) is 26.2 Å². The van der Waals surface area contributed by atoms with Crippen LogP contribution in [0.2, 0.25) is 0 Å². The minimum Gasteiger partial charge on any atom is -0.444 e. The quantitative estimate of drug-likeness (QED) is 0.792. The Balaban J connectivity index is 1.92. The van der Waals surface area contributed by atoms with Crippen LogP contribution in [0.25, 0.3) is 0 Å². The Kier molecular flexibility index (Phi) is 3.91. The van der Waals surface area contributed by atoms with Crippen molar-refractivity contribution in [2.75, 3.05) is 31.1 Å². The summed E-state index contributed by atoms with van der Waals surface area (Å²) >= 11 is 0. The first-order valence-electron chi connectivity index (χ1n) is 6.50. The standard InChI is InChI=1S/C12H19N5O3/c1-12(2,3)20-11(19)17-6-4-16(5-7-17)9-8-13-15-10(18)14-9/h8H,4-7H2,1-3H3,(H,14,15,18). The number of aromatic nitrogens is 3. The zero-order chi connectivity index (χ0) is 14.8. The fourth-order valence-electron chi connectivity index (χ4n) is 1.90. The van der Waals surface area contributed by atoms with Crippen LogP contribution in [0.15, 0.2) is 11.0 Å². The molecule has 0 unspecified atom stereocenters. The number of hydrogen-bond acceptors (Lipinski definition) is 6. The molecule has 8 heteroatoms.